The van der Waals surface area contributed by atoms with Crippen LogP contribution in [0.25, 0.3) is 33.1 Å². The molecule has 2 aliphatic heterocycles. The molecule has 3 N–H and O–H groups in total. The number of nitrogens with one attached hydrogen (secondary N) is 3. The Hall–Kier alpha value is -3.37. The van der Waals surface area contributed by atoms with Crippen molar-refractivity contribution in [1.29, 1.82) is 0 Å². The fourth-order valence-corrected chi connectivity index (χ4v) is 7.44. The third-order valence-electron chi connectivity index (χ3n) is 9.86. The van der Waals surface area contributed by atoms with Crippen LogP contribution in [0, 0.1) is 17.2 Å². The number of likely N-dealkylation sites (N-methyl/N-ethyl adjacent to an activating group) is 1. The summed E-state index contributed by atoms with van der Waals surface area (Å²) in [5.74, 6) is 0.920. The summed E-state index contributed by atoms with van der Waals surface area (Å²) in [6, 6.07) is 2.77. The zero-order valence-corrected chi connectivity index (χ0v) is 22.9. The van der Waals surface area contributed by atoms with E-state index in [2.05, 4.69) is 31.8 Å². The third-order valence-corrected chi connectivity index (χ3v) is 9.86. The Balaban J connectivity index is 1.25. The maximum Gasteiger partial charge on any atom is 0.319 e. The number of ether oxygens (including phenoxy) is 1. The Morgan fingerprint density at radius 2 is 2.15 bits per heavy atom. The lowest BCUT2D eigenvalue weighted by Crippen LogP contribution is -2.30. The molecule has 208 valence electrons. The summed E-state index contributed by atoms with van der Waals surface area (Å²) in [5.41, 5.74) is 4.95. The molecule has 8 rings (SSSR count). The normalized spacial score (nSPS) is 25.8. The summed E-state index contributed by atoms with van der Waals surface area (Å²) < 4.78 is 23.0. The number of fused-ring (bicyclic) bond motifs is 4. The van der Waals surface area contributed by atoms with E-state index in [4.69, 9.17) is 19.7 Å². The number of benzene rings is 1. The van der Waals surface area contributed by atoms with Crippen molar-refractivity contribution < 1.29 is 9.13 Å². The van der Waals surface area contributed by atoms with Crippen LogP contribution in [0.5, 0.6) is 6.01 Å². The van der Waals surface area contributed by atoms with Crippen LogP contribution in [-0.2, 0) is 12.8 Å². The molecule has 3 aromatic heterocycles. The van der Waals surface area contributed by atoms with Crippen molar-refractivity contribution in [3.63, 3.8) is 0 Å². The van der Waals surface area contributed by atoms with Gasteiger partial charge in [-0.2, -0.15) is 15.1 Å². The molecule has 2 saturated heterocycles. The predicted octanol–water partition coefficient (Wildman–Crippen LogP) is 3.76. The number of rotatable bonds is 6. The fraction of sp³-hybridized carbons (Fsp3) is 0.533. The molecule has 3 atom stereocenters. The number of H-pyrrole nitrogens is 1. The number of halogens is 1. The summed E-state index contributed by atoms with van der Waals surface area (Å²) in [7, 11) is 1.98. The molecule has 1 saturated carbocycles. The van der Waals surface area contributed by atoms with E-state index < -0.39 is 5.82 Å². The lowest BCUT2D eigenvalue weighted by atomic mass is 9.96. The average molecular weight is 543 g/mol. The first kappa shape index (κ1) is 24.4. The molecule has 0 spiro atoms. The van der Waals surface area contributed by atoms with Gasteiger partial charge in [-0.15, -0.1) is 0 Å². The maximum absolute atomic E-state index is 16.7. The summed E-state index contributed by atoms with van der Waals surface area (Å²) in [5, 5.41) is 15.8. The first-order valence-corrected chi connectivity index (χ1v) is 14.7. The second-order valence-corrected chi connectivity index (χ2v) is 12.2. The SMILES string of the molecule is CNC1CCN(c2nc(OCC34CCCNCC3C4)nc3c(F)c(-c4c5c(cc6[nH]ncc46)CCC5)ncc23)C1. The van der Waals surface area contributed by atoms with E-state index in [0.29, 0.717) is 35.5 Å². The number of hydrogen-bond acceptors (Lipinski definition) is 8. The third kappa shape index (κ3) is 3.87. The number of aromatic nitrogens is 5. The van der Waals surface area contributed by atoms with Crippen molar-refractivity contribution in [3.8, 4) is 17.3 Å². The molecule has 5 heterocycles. The molecule has 0 amide bonds. The van der Waals surface area contributed by atoms with Crippen molar-refractivity contribution in [2.75, 3.05) is 44.7 Å². The summed E-state index contributed by atoms with van der Waals surface area (Å²) in [6.45, 7) is 4.31. The molecule has 4 aromatic rings. The van der Waals surface area contributed by atoms with Crippen molar-refractivity contribution in [2.45, 2.75) is 51.0 Å². The van der Waals surface area contributed by atoms with Crippen LogP contribution in [-0.4, -0.2) is 71.0 Å². The Bertz CT molecular complexity index is 1620. The molecule has 3 unspecified atom stereocenters. The number of pyridine rings is 1. The number of nitrogens with zero attached hydrogens (tertiary/aromatic N) is 5. The van der Waals surface area contributed by atoms with Crippen LogP contribution in [0.4, 0.5) is 10.2 Å². The topological polar surface area (TPSA) is 104 Å². The molecule has 9 nitrogen and oxygen atoms in total. The second-order valence-electron chi connectivity index (χ2n) is 12.2. The molecule has 1 aromatic carbocycles. The monoisotopic (exact) mass is 542 g/mol. The van der Waals surface area contributed by atoms with Crippen molar-refractivity contribution in [3.05, 3.63) is 35.4 Å². The highest BCUT2D eigenvalue weighted by Gasteiger charge is 2.54. The molecule has 0 radical (unpaired) electrons. The molecule has 0 bridgehead atoms. The lowest BCUT2D eigenvalue weighted by Gasteiger charge is -2.21. The number of hydrogen-bond donors (Lipinski definition) is 3. The van der Waals surface area contributed by atoms with Crippen LogP contribution < -0.4 is 20.3 Å². The van der Waals surface area contributed by atoms with Crippen LogP contribution in [0.2, 0.25) is 0 Å². The zero-order chi connectivity index (χ0) is 26.8. The Morgan fingerprint density at radius 1 is 1.20 bits per heavy atom. The van der Waals surface area contributed by atoms with Crippen molar-refractivity contribution in [1.82, 2.24) is 35.8 Å². The van der Waals surface area contributed by atoms with Gasteiger partial charge in [0.05, 0.1) is 23.7 Å². The highest BCUT2D eigenvalue weighted by atomic mass is 19.1. The number of aryl methyl sites for hydroxylation is 1. The Labute approximate surface area is 232 Å². The van der Waals surface area contributed by atoms with Gasteiger partial charge in [-0.1, -0.05) is 0 Å². The Morgan fingerprint density at radius 3 is 3.05 bits per heavy atom. The highest BCUT2D eigenvalue weighted by molar-refractivity contribution is 5.99. The second kappa shape index (κ2) is 9.34. The molecular weight excluding hydrogens is 507 g/mol. The maximum atomic E-state index is 16.7. The fourth-order valence-electron chi connectivity index (χ4n) is 7.44. The van der Waals surface area contributed by atoms with Crippen LogP contribution in [0.3, 0.4) is 0 Å². The van der Waals surface area contributed by atoms with Crippen LogP contribution in [0.1, 0.15) is 43.2 Å². The number of anilines is 1. The minimum absolute atomic E-state index is 0.187. The van der Waals surface area contributed by atoms with E-state index in [1.807, 2.05) is 7.05 Å². The molecule has 10 heteroatoms. The smallest absolute Gasteiger partial charge is 0.319 e. The molecule has 3 fully saturated rings. The van der Waals surface area contributed by atoms with Gasteiger partial charge in [-0.05, 0) is 88.2 Å². The standard InChI is InChI=1S/C30H35FN8O/c1-32-19-6-9-39(15-19)28-22-13-34-27(24-20-5-2-4-17(20)10-23-21(24)14-35-38-23)25(31)26(22)36-29(37-28)40-16-30-7-3-8-33-12-18(30)11-30/h10,13-14,18-19,32-33H,2-9,11-12,15-16H2,1H3,(H,35,38). The molecule has 4 aliphatic rings. The van der Waals surface area contributed by atoms with Crippen LogP contribution >= 0.6 is 0 Å². The van der Waals surface area contributed by atoms with Gasteiger partial charge in [0.15, 0.2) is 5.82 Å². The van der Waals surface area contributed by atoms with Gasteiger partial charge in [-0.25, -0.2) is 4.39 Å². The highest BCUT2D eigenvalue weighted by Crippen LogP contribution is 2.56. The minimum Gasteiger partial charge on any atom is -0.463 e. The van der Waals surface area contributed by atoms with Gasteiger partial charge in [0.2, 0.25) is 0 Å². The van der Waals surface area contributed by atoms with Gasteiger partial charge >= 0.3 is 6.01 Å². The quantitative estimate of drug-likeness (QED) is 0.338. The first-order chi connectivity index (χ1) is 19.6. The van der Waals surface area contributed by atoms with Crippen molar-refractivity contribution >= 4 is 27.6 Å². The van der Waals surface area contributed by atoms with Crippen LogP contribution in [0.15, 0.2) is 18.5 Å². The summed E-state index contributed by atoms with van der Waals surface area (Å²) >= 11 is 0. The van der Waals surface area contributed by atoms with Gasteiger partial charge in [-0.3, -0.25) is 10.1 Å². The zero-order valence-electron chi connectivity index (χ0n) is 22.9. The van der Waals surface area contributed by atoms with Gasteiger partial charge in [0, 0.05) is 41.7 Å². The van der Waals surface area contributed by atoms with Gasteiger partial charge < -0.3 is 20.3 Å². The van der Waals surface area contributed by atoms with Gasteiger partial charge in [0.1, 0.15) is 17.0 Å². The van der Waals surface area contributed by atoms with E-state index in [9.17, 15) is 0 Å². The van der Waals surface area contributed by atoms with Crippen molar-refractivity contribution in [2.24, 2.45) is 11.3 Å². The predicted molar refractivity (Wildman–Crippen MR) is 152 cm³/mol. The minimum atomic E-state index is -0.417. The van der Waals surface area contributed by atoms with E-state index in [1.54, 1.807) is 12.4 Å². The van der Waals surface area contributed by atoms with Gasteiger partial charge in [0.25, 0.3) is 0 Å². The van der Waals surface area contributed by atoms with E-state index in [-0.39, 0.29) is 16.9 Å². The lowest BCUT2D eigenvalue weighted by molar-refractivity contribution is 0.200. The summed E-state index contributed by atoms with van der Waals surface area (Å²) in [4.78, 5) is 16.6. The first-order valence-electron chi connectivity index (χ1n) is 14.7. The molecule has 2 aliphatic carbocycles. The van der Waals surface area contributed by atoms with E-state index >= 15 is 4.39 Å². The largest absolute Gasteiger partial charge is 0.463 e. The van der Waals surface area contributed by atoms with E-state index in [0.717, 1.165) is 81.2 Å². The summed E-state index contributed by atoms with van der Waals surface area (Å²) in [6.07, 6.45) is 10.9. The van der Waals surface area contributed by atoms with E-state index in [1.165, 1.54) is 17.5 Å². The Kier molecular flexibility index (Phi) is 5.71. The number of aromatic amines is 1. The molecular formula is C30H35FN8O. The average Bonchev–Trinajstić information content (AvgIpc) is 3.37. The molecule has 40 heavy (non-hydrogen) atoms.